The lowest BCUT2D eigenvalue weighted by Crippen LogP contribution is -2.28. The van der Waals surface area contributed by atoms with Crippen LogP contribution in [0, 0.1) is 6.92 Å². The Balaban J connectivity index is 1.73. The Morgan fingerprint density at radius 1 is 1.13 bits per heavy atom. The summed E-state index contributed by atoms with van der Waals surface area (Å²) >= 11 is 1.24. The molecule has 1 aliphatic rings. The molecular formula is C21H23N3O5S. The maximum Gasteiger partial charge on any atom is 0.266 e. The van der Waals surface area contributed by atoms with E-state index in [2.05, 4.69) is 10.3 Å². The fraction of sp³-hybridized carbons (Fsp3) is 0.381. The molecule has 0 atom stereocenters. The summed E-state index contributed by atoms with van der Waals surface area (Å²) in [7, 11) is 4.55. The van der Waals surface area contributed by atoms with Crippen LogP contribution in [0.1, 0.15) is 33.9 Å². The van der Waals surface area contributed by atoms with Crippen LogP contribution in [0.15, 0.2) is 16.9 Å². The van der Waals surface area contributed by atoms with Crippen LogP contribution in [0.25, 0.3) is 10.2 Å². The molecule has 0 radical (unpaired) electrons. The van der Waals surface area contributed by atoms with Gasteiger partial charge in [-0.05, 0) is 25.3 Å². The molecular weight excluding hydrogens is 406 g/mol. The predicted octanol–water partition coefficient (Wildman–Crippen LogP) is 3.38. The monoisotopic (exact) mass is 429 g/mol. The van der Waals surface area contributed by atoms with Gasteiger partial charge in [0.1, 0.15) is 10.7 Å². The lowest BCUT2D eigenvalue weighted by molar-refractivity contribution is 0.103. The predicted molar refractivity (Wildman–Crippen MR) is 116 cm³/mol. The first-order chi connectivity index (χ1) is 14.5. The summed E-state index contributed by atoms with van der Waals surface area (Å²) in [6, 6.07) is 3.32. The third-order valence-electron chi connectivity index (χ3n) is 5.29. The second-order valence-electron chi connectivity index (χ2n) is 7.05. The number of nitrogens with zero attached hydrogens (tertiary/aromatic N) is 2. The molecule has 1 aromatic carbocycles. The van der Waals surface area contributed by atoms with Gasteiger partial charge >= 0.3 is 0 Å². The molecule has 3 heterocycles. The first kappa shape index (κ1) is 20.2. The zero-order valence-electron chi connectivity index (χ0n) is 17.3. The van der Waals surface area contributed by atoms with Crippen molar-refractivity contribution in [2.45, 2.75) is 32.7 Å². The largest absolute Gasteiger partial charge is 0.493 e. The molecule has 0 fully saturated rings. The quantitative estimate of drug-likeness (QED) is 0.669. The lowest BCUT2D eigenvalue weighted by Gasteiger charge is -2.16. The highest BCUT2D eigenvalue weighted by atomic mass is 32.1. The summed E-state index contributed by atoms with van der Waals surface area (Å²) in [5, 5.41) is 3.40. The van der Waals surface area contributed by atoms with Crippen LogP contribution in [-0.2, 0) is 13.0 Å². The van der Waals surface area contributed by atoms with Gasteiger partial charge in [-0.25, -0.2) is 4.98 Å². The van der Waals surface area contributed by atoms with E-state index in [1.54, 1.807) is 23.6 Å². The minimum atomic E-state index is -0.313. The number of ether oxygens (including phenoxy) is 3. The molecule has 1 amide bonds. The van der Waals surface area contributed by atoms with Crippen molar-refractivity contribution in [2.75, 3.05) is 26.6 Å². The number of nitrogens with one attached hydrogen (secondary N) is 1. The van der Waals surface area contributed by atoms with Crippen molar-refractivity contribution >= 4 is 33.1 Å². The van der Waals surface area contributed by atoms with Gasteiger partial charge in [0.15, 0.2) is 11.5 Å². The molecule has 1 N–H and O–H groups in total. The van der Waals surface area contributed by atoms with Crippen LogP contribution in [0.3, 0.4) is 0 Å². The summed E-state index contributed by atoms with van der Waals surface area (Å²) in [4.78, 5) is 31.8. The SMILES string of the molecule is COc1cc(NC(=O)c2sc3nc4n(c(=O)c3c2C)CCCC4)cc(OC)c1OC. The zero-order valence-corrected chi connectivity index (χ0v) is 18.1. The third-order valence-corrected chi connectivity index (χ3v) is 6.47. The van der Waals surface area contributed by atoms with Crippen LogP contribution in [0.2, 0.25) is 0 Å². The highest BCUT2D eigenvalue weighted by Gasteiger charge is 2.23. The number of aromatic nitrogens is 2. The maximum absolute atomic E-state index is 13.0. The standard InChI is InChI=1S/C21H23N3O5S/c1-11-16-20(23-15-7-5-6-8-24(15)21(16)26)30-18(11)19(25)22-12-9-13(27-2)17(29-4)14(10-12)28-3/h9-10H,5-8H2,1-4H3,(H,22,25). The molecule has 0 unspecified atom stereocenters. The van der Waals surface area contributed by atoms with E-state index in [4.69, 9.17) is 14.2 Å². The van der Waals surface area contributed by atoms with Gasteiger partial charge in [0.25, 0.3) is 11.5 Å². The Morgan fingerprint density at radius 2 is 1.83 bits per heavy atom. The van der Waals surface area contributed by atoms with Crippen LogP contribution in [-0.4, -0.2) is 36.8 Å². The van der Waals surface area contributed by atoms with E-state index < -0.39 is 0 Å². The van der Waals surface area contributed by atoms with Crippen LogP contribution >= 0.6 is 11.3 Å². The maximum atomic E-state index is 13.0. The van der Waals surface area contributed by atoms with E-state index in [9.17, 15) is 9.59 Å². The molecule has 0 aliphatic carbocycles. The molecule has 0 spiro atoms. The molecule has 9 heteroatoms. The van der Waals surface area contributed by atoms with Crippen molar-refractivity contribution in [3.63, 3.8) is 0 Å². The van der Waals surface area contributed by atoms with Crippen molar-refractivity contribution in [3.8, 4) is 17.2 Å². The highest BCUT2D eigenvalue weighted by molar-refractivity contribution is 7.20. The smallest absolute Gasteiger partial charge is 0.266 e. The minimum absolute atomic E-state index is 0.0599. The Kier molecular flexibility index (Phi) is 5.38. The Labute approximate surface area is 177 Å². The van der Waals surface area contributed by atoms with Crippen molar-refractivity contribution < 1.29 is 19.0 Å². The number of fused-ring (bicyclic) bond motifs is 2. The average molecular weight is 429 g/mol. The zero-order chi connectivity index (χ0) is 21.4. The van der Waals surface area contributed by atoms with Gasteiger partial charge in [0.05, 0.1) is 31.6 Å². The lowest BCUT2D eigenvalue weighted by atomic mass is 10.1. The molecule has 0 bridgehead atoms. The number of hydrogen-bond acceptors (Lipinski definition) is 7. The normalized spacial score (nSPS) is 13.1. The van der Waals surface area contributed by atoms with E-state index in [0.717, 1.165) is 25.1 Å². The number of benzene rings is 1. The van der Waals surface area contributed by atoms with E-state index in [1.165, 1.54) is 32.7 Å². The average Bonchev–Trinajstić information content (AvgIpc) is 3.09. The Morgan fingerprint density at radius 3 is 2.47 bits per heavy atom. The Hall–Kier alpha value is -3.07. The number of methoxy groups -OCH3 is 3. The number of thiophene rings is 1. The first-order valence-corrected chi connectivity index (χ1v) is 10.4. The van der Waals surface area contributed by atoms with Gasteiger partial charge in [-0.1, -0.05) is 0 Å². The van der Waals surface area contributed by atoms with Crippen LogP contribution in [0.5, 0.6) is 17.2 Å². The van der Waals surface area contributed by atoms with Crippen LogP contribution < -0.4 is 25.1 Å². The van der Waals surface area contributed by atoms with E-state index in [0.29, 0.717) is 50.1 Å². The molecule has 158 valence electrons. The molecule has 3 aromatic rings. The summed E-state index contributed by atoms with van der Waals surface area (Å²) < 4.78 is 17.7. The second kappa shape index (κ2) is 7.98. The topological polar surface area (TPSA) is 91.7 Å². The molecule has 0 saturated carbocycles. The van der Waals surface area contributed by atoms with Crippen molar-refractivity contribution in [3.05, 3.63) is 38.8 Å². The highest BCUT2D eigenvalue weighted by Crippen LogP contribution is 2.40. The number of carbonyl (C=O) groups excluding carboxylic acids is 1. The minimum Gasteiger partial charge on any atom is -0.493 e. The van der Waals surface area contributed by atoms with E-state index in [-0.39, 0.29) is 11.5 Å². The van der Waals surface area contributed by atoms with Gasteiger partial charge < -0.3 is 19.5 Å². The van der Waals surface area contributed by atoms with E-state index >= 15 is 0 Å². The van der Waals surface area contributed by atoms with Gasteiger partial charge in [-0.3, -0.25) is 14.2 Å². The summed E-state index contributed by atoms with van der Waals surface area (Å²) in [5.74, 6) is 1.81. The molecule has 1 aliphatic heterocycles. The van der Waals surface area contributed by atoms with Crippen molar-refractivity contribution in [1.82, 2.24) is 9.55 Å². The van der Waals surface area contributed by atoms with Gasteiger partial charge in [-0.2, -0.15) is 0 Å². The number of hydrogen-bond donors (Lipinski definition) is 1. The van der Waals surface area contributed by atoms with Gasteiger partial charge in [0.2, 0.25) is 5.75 Å². The Bertz CT molecular complexity index is 1170. The number of amides is 1. The summed E-state index contributed by atoms with van der Waals surface area (Å²) in [5.41, 5.74) is 1.09. The fourth-order valence-electron chi connectivity index (χ4n) is 3.79. The molecule has 30 heavy (non-hydrogen) atoms. The molecule has 4 rings (SSSR count). The van der Waals surface area contributed by atoms with Gasteiger partial charge in [0, 0.05) is 30.8 Å². The van der Waals surface area contributed by atoms with Gasteiger partial charge in [-0.15, -0.1) is 11.3 Å². The van der Waals surface area contributed by atoms with Crippen molar-refractivity contribution in [2.24, 2.45) is 0 Å². The number of aryl methyl sites for hydroxylation is 2. The fourth-order valence-corrected chi connectivity index (χ4v) is 4.88. The van der Waals surface area contributed by atoms with Crippen LogP contribution in [0.4, 0.5) is 5.69 Å². The summed E-state index contributed by atoms with van der Waals surface area (Å²) in [6.45, 7) is 2.47. The number of carbonyl (C=O) groups is 1. The third kappa shape index (κ3) is 3.28. The van der Waals surface area contributed by atoms with E-state index in [1.807, 2.05) is 0 Å². The number of rotatable bonds is 5. The second-order valence-corrected chi connectivity index (χ2v) is 8.05. The summed E-state index contributed by atoms with van der Waals surface area (Å²) in [6.07, 6.45) is 2.78. The number of anilines is 1. The molecule has 8 nitrogen and oxygen atoms in total. The molecule has 2 aromatic heterocycles. The first-order valence-electron chi connectivity index (χ1n) is 9.62. The molecule has 0 saturated heterocycles. The van der Waals surface area contributed by atoms with Crippen molar-refractivity contribution in [1.29, 1.82) is 0 Å².